The third-order valence-electron chi connectivity index (χ3n) is 1.99. The van der Waals surface area contributed by atoms with Crippen LogP contribution in [0.2, 0.25) is 0 Å². The van der Waals surface area contributed by atoms with Crippen LogP contribution in [0.5, 0.6) is 0 Å². The Morgan fingerprint density at radius 1 is 1.46 bits per heavy atom. The number of carbonyl (C=O) groups is 1. The predicted molar refractivity (Wildman–Crippen MR) is 51.9 cm³/mol. The van der Waals surface area contributed by atoms with Gasteiger partial charge in [0.05, 0.1) is 0 Å². The van der Waals surface area contributed by atoms with Crippen LogP contribution in [0, 0.1) is 12.7 Å². The topological polar surface area (TPSA) is 17.1 Å². The molecule has 0 aliphatic carbocycles. The largest absolute Gasteiger partial charge is 0.298 e. The fourth-order valence-corrected chi connectivity index (χ4v) is 2.35. The van der Waals surface area contributed by atoms with Gasteiger partial charge in [-0.25, -0.2) is 4.39 Å². The third-order valence-corrected chi connectivity index (χ3v) is 2.89. The molecule has 0 fully saturated rings. The molecular formula is C10H7FOS. The zero-order valence-electron chi connectivity index (χ0n) is 7.00. The average Bonchev–Trinajstić information content (AvgIpc) is 2.48. The highest BCUT2D eigenvalue weighted by Crippen LogP contribution is 2.28. The van der Waals surface area contributed by atoms with Crippen molar-refractivity contribution in [1.29, 1.82) is 0 Å². The van der Waals surface area contributed by atoms with Crippen LogP contribution in [0.25, 0.3) is 10.1 Å². The quantitative estimate of drug-likeness (QED) is 0.637. The lowest BCUT2D eigenvalue weighted by Gasteiger charge is -1.97. The lowest BCUT2D eigenvalue weighted by atomic mass is 10.1. The molecule has 0 spiro atoms. The summed E-state index contributed by atoms with van der Waals surface area (Å²) in [7, 11) is 0. The van der Waals surface area contributed by atoms with Crippen LogP contribution in [-0.2, 0) is 0 Å². The van der Waals surface area contributed by atoms with Crippen LogP contribution >= 0.6 is 11.3 Å². The van der Waals surface area contributed by atoms with E-state index in [1.54, 1.807) is 12.1 Å². The highest BCUT2D eigenvalue weighted by Gasteiger charge is 2.07. The van der Waals surface area contributed by atoms with Gasteiger partial charge in [0, 0.05) is 21.0 Å². The molecule has 0 saturated heterocycles. The predicted octanol–water partition coefficient (Wildman–Crippen LogP) is 3.16. The van der Waals surface area contributed by atoms with Crippen LogP contribution in [0.3, 0.4) is 0 Å². The van der Waals surface area contributed by atoms with E-state index < -0.39 is 0 Å². The van der Waals surface area contributed by atoms with Gasteiger partial charge in [-0.1, -0.05) is 0 Å². The summed E-state index contributed by atoms with van der Waals surface area (Å²) < 4.78 is 14.0. The van der Waals surface area contributed by atoms with E-state index in [1.807, 2.05) is 6.92 Å². The molecule has 1 aromatic carbocycles. The van der Waals surface area contributed by atoms with Gasteiger partial charge in [-0.15, -0.1) is 11.3 Å². The van der Waals surface area contributed by atoms with Crippen molar-refractivity contribution in [3.05, 3.63) is 34.5 Å². The number of hydrogen-bond acceptors (Lipinski definition) is 2. The van der Waals surface area contributed by atoms with Crippen molar-refractivity contribution in [2.45, 2.75) is 6.92 Å². The number of thiophene rings is 1. The summed E-state index contributed by atoms with van der Waals surface area (Å²) >= 11 is 1.32. The molecule has 0 atom stereocenters. The van der Waals surface area contributed by atoms with E-state index in [9.17, 15) is 9.18 Å². The summed E-state index contributed by atoms with van der Waals surface area (Å²) in [6.45, 7) is 1.81. The van der Waals surface area contributed by atoms with E-state index >= 15 is 0 Å². The zero-order valence-corrected chi connectivity index (χ0v) is 7.82. The van der Waals surface area contributed by atoms with Crippen LogP contribution in [-0.4, -0.2) is 6.29 Å². The lowest BCUT2D eigenvalue weighted by Crippen LogP contribution is -1.83. The maximum absolute atomic E-state index is 13.2. The molecule has 0 aliphatic heterocycles. The van der Waals surface area contributed by atoms with Crippen molar-refractivity contribution in [3.63, 3.8) is 0 Å². The number of halogens is 1. The first-order chi connectivity index (χ1) is 6.22. The first-order valence-corrected chi connectivity index (χ1v) is 4.73. The Bertz CT molecular complexity index is 473. The molecule has 1 nitrogen and oxygen atoms in total. The molecule has 1 aromatic heterocycles. The van der Waals surface area contributed by atoms with Crippen molar-refractivity contribution in [2.75, 3.05) is 0 Å². The standard InChI is InChI=1S/C10H7FOS/c1-6-2-7(4-12)3-9-10(6)8(11)5-13-9/h2-5H,1H3. The molecule has 2 rings (SSSR count). The number of carbonyl (C=O) groups excluding carboxylic acids is 1. The SMILES string of the molecule is Cc1cc(C=O)cc2scc(F)c12. The zero-order chi connectivity index (χ0) is 9.42. The molecule has 2 aromatic rings. The smallest absolute Gasteiger partial charge is 0.150 e. The highest BCUT2D eigenvalue weighted by atomic mass is 32.1. The number of benzene rings is 1. The van der Waals surface area contributed by atoms with E-state index in [1.165, 1.54) is 16.7 Å². The van der Waals surface area contributed by atoms with Crippen molar-refractivity contribution in [1.82, 2.24) is 0 Å². The molecule has 0 bridgehead atoms. The van der Waals surface area contributed by atoms with Gasteiger partial charge in [0.1, 0.15) is 12.1 Å². The maximum atomic E-state index is 13.2. The average molecular weight is 194 g/mol. The second-order valence-electron chi connectivity index (χ2n) is 2.91. The van der Waals surface area contributed by atoms with Gasteiger partial charge in [0.2, 0.25) is 0 Å². The van der Waals surface area contributed by atoms with Gasteiger partial charge in [0.25, 0.3) is 0 Å². The first-order valence-electron chi connectivity index (χ1n) is 3.85. The molecule has 0 aliphatic rings. The molecule has 0 radical (unpaired) electrons. The summed E-state index contributed by atoms with van der Waals surface area (Å²) in [5.74, 6) is -0.199. The Labute approximate surface area is 78.8 Å². The van der Waals surface area contributed by atoms with E-state index in [0.717, 1.165) is 16.5 Å². The van der Waals surface area contributed by atoms with E-state index in [2.05, 4.69) is 0 Å². The Morgan fingerprint density at radius 2 is 2.23 bits per heavy atom. The molecule has 66 valence electrons. The summed E-state index contributed by atoms with van der Waals surface area (Å²) in [6.07, 6.45) is 0.782. The molecule has 0 saturated carbocycles. The summed E-state index contributed by atoms with van der Waals surface area (Å²) in [4.78, 5) is 10.5. The fraction of sp³-hybridized carbons (Fsp3) is 0.100. The van der Waals surface area contributed by atoms with Gasteiger partial charge in [-0.2, -0.15) is 0 Å². The summed E-state index contributed by atoms with van der Waals surface area (Å²) in [5, 5.41) is 2.10. The number of rotatable bonds is 1. The highest BCUT2D eigenvalue weighted by molar-refractivity contribution is 7.17. The van der Waals surface area contributed by atoms with Crippen molar-refractivity contribution in [2.24, 2.45) is 0 Å². The Hall–Kier alpha value is -1.22. The molecule has 0 N–H and O–H groups in total. The van der Waals surface area contributed by atoms with Crippen LogP contribution in [0.4, 0.5) is 4.39 Å². The van der Waals surface area contributed by atoms with Crippen molar-refractivity contribution < 1.29 is 9.18 Å². The van der Waals surface area contributed by atoms with Gasteiger partial charge < -0.3 is 0 Å². The Morgan fingerprint density at radius 3 is 2.92 bits per heavy atom. The van der Waals surface area contributed by atoms with E-state index in [4.69, 9.17) is 0 Å². The lowest BCUT2D eigenvalue weighted by molar-refractivity contribution is 0.112. The molecule has 0 unspecified atom stereocenters. The summed E-state index contributed by atoms with van der Waals surface area (Å²) in [6, 6.07) is 3.41. The van der Waals surface area contributed by atoms with Gasteiger partial charge in [0.15, 0.2) is 0 Å². The van der Waals surface area contributed by atoms with Gasteiger partial charge in [-0.05, 0) is 24.6 Å². The molecular weight excluding hydrogens is 187 g/mol. The Balaban J connectivity index is 2.86. The second kappa shape index (κ2) is 2.92. The minimum atomic E-state index is -0.199. The van der Waals surface area contributed by atoms with Crippen LogP contribution < -0.4 is 0 Å². The number of hydrogen-bond donors (Lipinski definition) is 0. The van der Waals surface area contributed by atoms with E-state index in [0.29, 0.717) is 10.9 Å². The number of aryl methyl sites for hydroxylation is 1. The third kappa shape index (κ3) is 1.25. The second-order valence-corrected chi connectivity index (χ2v) is 3.82. The van der Waals surface area contributed by atoms with Gasteiger partial charge in [-0.3, -0.25) is 4.79 Å². The fourth-order valence-electron chi connectivity index (χ4n) is 1.42. The summed E-state index contributed by atoms with van der Waals surface area (Å²) in [5.41, 5.74) is 1.42. The Kier molecular flexibility index (Phi) is 1.88. The van der Waals surface area contributed by atoms with Crippen molar-refractivity contribution in [3.8, 4) is 0 Å². The monoisotopic (exact) mass is 194 g/mol. The van der Waals surface area contributed by atoms with Gasteiger partial charge >= 0.3 is 0 Å². The maximum Gasteiger partial charge on any atom is 0.150 e. The molecule has 3 heteroatoms. The number of aldehydes is 1. The first kappa shape index (κ1) is 8.38. The minimum Gasteiger partial charge on any atom is -0.298 e. The molecule has 0 amide bonds. The molecule has 13 heavy (non-hydrogen) atoms. The normalized spacial score (nSPS) is 10.6. The van der Waals surface area contributed by atoms with Crippen molar-refractivity contribution >= 4 is 27.7 Å². The van der Waals surface area contributed by atoms with E-state index in [-0.39, 0.29) is 5.82 Å². The van der Waals surface area contributed by atoms with Crippen LogP contribution in [0.1, 0.15) is 15.9 Å². The minimum absolute atomic E-state index is 0.199. The van der Waals surface area contributed by atoms with Crippen LogP contribution in [0.15, 0.2) is 17.5 Å². The molecule has 1 heterocycles. The number of fused-ring (bicyclic) bond motifs is 1.